The Bertz CT molecular complexity index is 968. The van der Waals surface area contributed by atoms with Gasteiger partial charge in [0.2, 0.25) is 5.91 Å². The largest absolute Gasteiger partial charge is 0.494 e. The number of carbonyl (C=O) groups excluding carboxylic acids is 1. The van der Waals surface area contributed by atoms with Crippen molar-refractivity contribution in [3.63, 3.8) is 0 Å². The number of rotatable bonds is 5. The Balaban J connectivity index is 1.98. The third-order valence-electron chi connectivity index (χ3n) is 3.96. The van der Waals surface area contributed by atoms with Crippen molar-refractivity contribution in [2.75, 3.05) is 11.5 Å². The zero-order chi connectivity index (χ0) is 19.6. The van der Waals surface area contributed by atoms with E-state index in [0.717, 1.165) is 17.3 Å². The minimum Gasteiger partial charge on any atom is -0.494 e. The minimum absolute atomic E-state index is 0.0971. The number of carbonyl (C=O) groups is 1. The maximum absolute atomic E-state index is 12.7. The molecule has 0 N–H and O–H groups in total. The highest BCUT2D eigenvalue weighted by Crippen LogP contribution is 2.33. The van der Waals surface area contributed by atoms with Crippen molar-refractivity contribution in [1.82, 2.24) is 0 Å². The van der Waals surface area contributed by atoms with Gasteiger partial charge in [0.05, 0.1) is 22.4 Å². The first-order chi connectivity index (χ1) is 12.8. The number of amides is 1. The summed E-state index contributed by atoms with van der Waals surface area (Å²) in [6.07, 6.45) is 0. The summed E-state index contributed by atoms with van der Waals surface area (Å²) in [6.45, 7) is 6.03. The maximum atomic E-state index is 12.7. The molecule has 3 rings (SSSR count). The molecule has 0 aliphatic carbocycles. The van der Waals surface area contributed by atoms with Gasteiger partial charge in [-0.15, -0.1) is 4.40 Å². The highest BCUT2D eigenvalue weighted by Gasteiger charge is 2.37. The maximum Gasteiger partial charge on any atom is 0.284 e. The van der Waals surface area contributed by atoms with E-state index in [-0.39, 0.29) is 16.0 Å². The predicted octanol–water partition coefficient (Wildman–Crippen LogP) is 3.61. The zero-order valence-electron chi connectivity index (χ0n) is 15.2. The van der Waals surface area contributed by atoms with Crippen LogP contribution in [0, 0.1) is 6.92 Å². The number of aryl methyl sites for hydroxylation is 1. The quantitative estimate of drug-likeness (QED) is 0.761. The SMILES string of the molecule is CCOc1ccc(N2C(=O)[C@H](C)SC2=NS(=O)(=O)c2ccc(C)cc2)cc1. The Kier molecular flexibility index (Phi) is 5.57. The summed E-state index contributed by atoms with van der Waals surface area (Å²) >= 11 is 1.13. The van der Waals surface area contributed by atoms with E-state index in [2.05, 4.69) is 4.40 Å². The number of anilines is 1. The molecule has 1 atom stereocenters. The van der Waals surface area contributed by atoms with Crippen LogP contribution in [0.1, 0.15) is 19.4 Å². The van der Waals surface area contributed by atoms with Crippen molar-refractivity contribution in [2.24, 2.45) is 4.40 Å². The van der Waals surface area contributed by atoms with Crippen molar-refractivity contribution in [1.29, 1.82) is 0 Å². The fraction of sp³-hybridized carbons (Fsp3) is 0.263. The zero-order valence-corrected chi connectivity index (χ0v) is 16.9. The molecule has 2 aromatic rings. The average molecular weight is 405 g/mol. The summed E-state index contributed by atoms with van der Waals surface area (Å²) < 4.78 is 34.7. The van der Waals surface area contributed by atoms with Crippen LogP contribution in [-0.2, 0) is 14.8 Å². The van der Waals surface area contributed by atoms with Gasteiger partial charge in [-0.25, -0.2) is 0 Å². The van der Waals surface area contributed by atoms with Crippen LogP contribution in [0.2, 0.25) is 0 Å². The normalized spacial score (nSPS) is 18.9. The topological polar surface area (TPSA) is 76.0 Å². The molecular formula is C19H20N2O4S2. The first-order valence-corrected chi connectivity index (χ1v) is 10.8. The molecule has 27 heavy (non-hydrogen) atoms. The van der Waals surface area contributed by atoms with Gasteiger partial charge in [-0.3, -0.25) is 9.69 Å². The number of sulfonamides is 1. The number of hydrogen-bond donors (Lipinski definition) is 0. The fourth-order valence-corrected chi connectivity index (χ4v) is 4.72. The molecule has 0 unspecified atom stereocenters. The number of ether oxygens (including phenoxy) is 1. The van der Waals surface area contributed by atoms with E-state index in [4.69, 9.17) is 4.74 Å². The van der Waals surface area contributed by atoms with Gasteiger partial charge in [0, 0.05) is 0 Å². The highest BCUT2D eigenvalue weighted by atomic mass is 32.2. The van der Waals surface area contributed by atoms with Crippen molar-refractivity contribution in [3.8, 4) is 5.75 Å². The second kappa shape index (κ2) is 7.74. The lowest BCUT2D eigenvalue weighted by atomic mass is 10.2. The smallest absolute Gasteiger partial charge is 0.284 e. The van der Waals surface area contributed by atoms with E-state index < -0.39 is 15.3 Å². The summed E-state index contributed by atoms with van der Waals surface area (Å²) in [4.78, 5) is 14.0. The van der Waals surface area contributed by atoms with Crippen LogP contribution >= 0.6 is 11.8 Å². The van der Waals surface area contributed by atoms with E-state index >= 15 is 0 Å². The minimum atomic E-state index is -3.92. The fourth-order valence-electron chi connectivity index (χ4n) is 2.56. The number of hydrogen-bond acceptors (Lipinski definition) is 5. The molecule has 0 radical (unpaired) electrons. The van der Waals surface area contributed by atoms with Crippen LogP contribution in [0.3, 0.4) is 0 Å². The molecule has 1 heterocycles. The first kappa shape index (κ1) is 19.4. The third-order valence-corrected chi connectivity index (χ3v) is 6.40. The molecule has 1 aliphatic heterocycles. The summed E-state index contributed by atoms with van der Waals surface area (Å²) in [5, 5.41) is -0.263. The lowest BCUT2D eigenvalue weighted by molar-refractivity contribution is -0.116. The molecule has 1 amide bonds. The van der Waals surface area contributed by atoms with Gasteiger partial charge >= 0.3 is 0 Å². The van der Waals surface area contributed by atoms with Gasteiger partial charge < -0.3 is 4.74 Å². The number of amidine groups is 1. The van der Waals surface area contributed by atoms with Gasteiger partial charge in [0.1, 0.15) is 5.75 Å². The van der Waals surface area contributed by atoms with Gasteiger partial charge in [0.25, 0.3) is 10.0 Å². The van der Waals surface area contributed by atoms with Crippen molar-refractivity contribution in [3.05, 3.63) is 54.1 Å². The van der Waals surface area contributed by atoms with Crippen LogP contribution in [0.4, 0.5) is 5.69 Å². The predicted molar refractivity (Wildman–Crippen MR) is 108 cm³/mol. The summed E-state index contributed by atoms with van der Waals surface area (Å²) in [5.74, 6) is 0.473. The Labute approximate surface area is 163 Å². The monoisotopic (exact) mass is 404 g/mol. The highest BCUT2D eigenvalue weighted by molar-refractivity contribution is 8.16. The van der Waals surface area contributed by atoms with Gasteiger partial charge in [0.15, 0.2) is 5.17 Å². The molecular weight excluding hydrogens is 384 g/mol. The molecule has 8 heteroatoms. The van der Waals surface area contributed by atoms with E-state index in [1.54, 1.807) is 43.3 Å². The molecule has 6 nitrogen and oxygen atoms in total. The number of thioether (sulfide) groups is 1. The summed E-state index contributed by atoms with van der Waals surface area (Å²) in [5.41, 5.74) is 1.51. The third kappa shape index (κ3) is 4.17. The van der Waals surface area contributed by atoms with E-state index in [1.807, 2.05) is 13.8 Å². The number of benzene rings is 2. The van der Waals surface area contributed by atoms with Crippen molar-refractivity contribution in [2.45, 2.75) is 30.9 Å². The van der Waals surface area contributed by atoms with Gasteiger partial charge in [-0.2, -0.15) is 8.42 Å². The van der Waals surface area contributed by atoms with Crippen molar-refractivity contribution < 1.29 is 17.9 Å². The first-order valence-electron chi connectivity index (χ1n) is 8.47. The van der Waals surface area contributed by atoms with E-state index in [0.29, 0.717) is 18.0 Å². The lowest BCUT2D eigenvalue weighted by Gasteiger charge is -2.16. The Morgan fingerprint density at radius 1 is 1.11 bits per heavy atom. The number of nitrogens with zero attached hydrogens (tertiary/aromatic N) is 2. The molecule has 2 aromatic carbocycles. The molecule has 0 bridgehead atoms. The van der Waals surface area contributed by atoms with Crippen LogP contribution in [0.15, 0.2) is 57.8 Å². The lowest BCUT2D eigenvalue weighted by Crippen LogP contribution is -2.31. The summed E-state index contributed by atoms with van der Waals surface area (Å²) in [7, 11) is -3.92. The Morgan fingerprint density at radius 2 is 1.74 bits per heavy atom. The van der Waals surface area contributed by atoms with Crippen LogP contribution in [0.25, 0.3) is 0 Å². The molecule has 0 spiro atoms. The second-order valence-electron chi connectivity index (χ2n) is 6.02. The van der Waals surface area contributed by atoms with Crippen LogP contribution in [0.5, 0.6) is 5.75 Å². The molecule has 142 valence electrons. The van der Waals surface area contributed by atoms with E-state index in [9.17, 15) is 13.2 Å². The summed E-state index contributed by atoms with van der Waals surface area (Å²) in [6, 6.07) is 13.4. The van der Waals surface area contributed by atoms with Gasteiger partial charge in [-0.1, -0.05) is 29.5 Å². The molecule has 1 fully saturated rings. The average Bonchev–Trinajstić information content (AvgIpc) is 2.89. The van der Waals surface area contributed by atoms with Crippen LogP contribution in [-0.4, -0.2) is 31.3 Å². The van der Waals surface area contributed by atoms with E-state index in [1.165, 1.54) is 17.0 Å². The Hall–Kier alpha value is -2.32. The van der Waals surface area contributed by atoms with Crippen molar-refractivity contribution >= 4 is 38.5 Å². The standard InChI is InChI=1S/C19H20N2O4S2/c1-4-25-16-9-7-15(8-10-16)21-18(22)14(3)26-19(21)20-27(23,24)17-11-5-13(2)6-12-17/h5-12,14H,4H2,1-3H3/t14-/m0/s1. The van der Waals surface area contributed by atoms with Gasteiger partial charge in [-0.05, 0) is 57.2 Å². The Morgan fingerprint density at radius 3 is 2.33 bits per heavy atom. The molecule has 0 saturated carbocycles. The van der Waals surface area contributed by atoms with Crippen LogP contribution < -0.4 is 9.64 Å². The molecule has 0 aromatic heterocycles. The second-order valence-corrected chi connectivity index (χ2v) is 8.93. The molecule has 1 saturated heterocycles. The molecule has 1 aliphatic rings.